The molecule has 0 radical (unpaired) electrons. The number of carbonyl (C=O) groups excluding carboxylic acids is 1. The second-order valence-corrected chi connectivity index (χ2v) is 15.3. The Morgan fingerprint density at radius 2 is 1.80 bits per heavy atom. The molecular weight excluding hydrogens is 618 g/mol. The fraction of sp³-hybridized carbons (Fsp3) is 0.500. The Bertz CT molecular complexity index is 1630. The molecule has 1 aromatic heterocycles. The lowest BCUT2D eigenvalue weighted by atomic mass is 10.0. The number of alkyl carbamates (subject to hydrolysis) is 1. The zero-order valence-corrected chi connectivity index (χ0v) is 23.6. The van der Waals surface area contributed by atoms with E-state index in [1.54, 1.807) is 0 Å². The number of aromatic nitrogens is 1. The summed E-state index contributed by atoms with van der Waals surface area (Å²) in [6.45, 7) is 0.386. The first kappa shape index (κ1) is 29.9. The molecule has 2 heterocycles. The van der Waals surface area contributed by atoms with Crippen molar-refractivity contribution in [3.8, 4) is 0 Å². The van der Waals surface area contributed by atoms with E-state index in [1.165, 1.54) is 9.47 Å². The molecule has 3 aliphatic rings. The van der Waals surface area contributed by atoms with Gasteiger partial charge in [-0.2, -0.15) is 0 Å². The van der Waals surface area contributed by atoms with E-state index in [9.17, 15) is 52.6 Å². The second-order valence-electron chi connectivity index (χ2n) is 10.7. The van der Waals surface area contributed by atoms with E-state index in [-0.39, 0.29) is 41.1 Å². The van der Waals surface area contributed by atoms with Gasteiger partial charge in [0.1, 0.15) is 17.6 Å². The first-order valence-corrected chi connectivity index (χ1v) is 15.7. The van der Waals surface area contributed by atoms with E-state index in [4.69, 9.17) is 11.6 Å². The summed E-state index contributed by atoms with van der Waals surface area (Å²) in [5, 5.41) is 7.69. The Morgan fingerprint density at radius 3 is 2.29 bits per heavy atom. The van der Waals surface area contributed by atoms with Crippen molar-refractivity contribution in [2.45, 2.75) is 49.5 Å². The molecule has 6 N–H and O–H groups in total. The van der Waals surface area contributed by atoms with E-state index in [2.05, 4.69) is 10.1 Å². The number of nitrogens with one attached hydrogen (secondary N) is 1. The molecule has 2 aliphatic carbocycles. The summed E-state index contributed by atoms with van der Waals surface area (Å²) in [6, 6.07) is -0.839. The summed E-state index contributed by atoms with van der Waals surface area (Å²) < 4.78 is 58.9. The normalized spacial score (nSPS) is 23.6. The van der Waals surface area contributed by atoms with Crippen molar-refractivity contribution in [3.63, 3.8) is 0 Å². The molecule has 41 heavy (non-hydrogen) atoms. The Morgan fingerprint density at radius 1 is 1.22 bits per heavy atom. The molecule has 1 aliphatic heterocycles. The minimum atomic E-state index is -5.66. The van der Waals surface area contributed by atoms with Crippen LogP contribution >= 0.6 is 26.8 Å². The number of pyridine rings is 1. The predicted octanol–water partition coefficient (Wildman–Crippen LogP) is 2.50. The van der Waals surface area contributed by atoms with E-state index in [0.29, 0.717) is 19.8 Å². The maximum absolute atomic E-state index is 15.5. The molecule has 0 bridgehead atoms. The third-order valence-electron chi connectivity index (χ3n) is 7.97. The number of hydrogen-bond acceptors (Lipinski definition) is 7. The first-order valence-electron chi connectivity index (χ1n) is 12.1. The largest absolute Gasteiger partial charge is 0.477 e. The summed E-state index contributed by atoms with van der Waals surface area (Å²) in [6.07, 6.45) is -0.818. The van der Waals surface area contributed by atoms with Crippen LogP contribution in [0.3, 0.4) is 0 Å². The van der Waals surface area contributed by atoms with Crippen LogP contribution in [0.15, 0.2) is 17.1 Å². The SMILES string of the molecule is CC(OC(=O)N[C@@H]1CN(c2c(F)cc3c(=O)c(C(=O)O)cn(C4C[C@@H]4F)c3c2Cl)CC12CC2)(P(=O)(O)O)P(=O)(O)O. The number of alkyl halides is 1. The lowest BCUT2D eigenvalue weighted by Gasteiger charge is -2.31. The van der Waals surface area contributed by atoms with Crippen LogP contribution in [0.4, 0.5) is 19.3 Å². The van der Waals surface area contributed by atoms with Crippen LogP contribution in [0.1, 0.15) is 42.6 Å². The molecule has 1 spiro atoms. The van der Waals surface area contributed by atoms with E-state index in [1.807, 2.05) is 0 Å². The first-order chi connectivity index (χ1) is 18.8. The van der Waals surface area contributed by atoms with Crippen LogP contribution in [-0.4, -0.2) is 71.7 Å². The fourth-order valence-electron chi connectivity index (χ4n) is 5.22. The van der Waals surface area contributed by atoms with E-state index >= 15 is 4.39 Å². The molecule has 19 heteroatoms. The molecule has 1 saturated heterocycles. The van der Waals surface area contributed by atoms with Gasteiger partial charge >= 0.3 is 32.3 Å². The number of rotatable bonds is 7. The van der Waals surface area contributed by atoms with Crippen molar-refractivity contribution in [1.29, 1.82) is 0 Å². The van der Waals surface area contributed by atoms with Gasteiger partial charge in [-0.3, -0.25) is 13.9 Å². The van der Waals surface area contributed by atoms with Crippen LogP contribution < -0.4 is 15.6 Å². The maximum Gasteiger partial charge on any atom is 0.409 e. The van der Waals surface area contributed by atoms with Gasteiger partial charge in [0, 0.05) is 31.1 Å². The van der Waals surface area contributed by atoms with Gasteiger partial charge in [0.05, 0.1) is 33.7 Å². The van der Waals surface area contributed by atoms with Crippen LogP contribution in [-0.2, 0) is 13.9 Å². The van der Waals surface area contributed by atoms with Gasteiger partial charge in [-0.05, 0) is 25.8 Å². The van der Waals surface area contributed by atoms with Crippen LogP contribution in [0.2, 0.25) is 5.02 Å². The van der Waals surface area contributed by atoms with Crippen LogP contribution in [0, 0.1) is 11.2 Å². The van der Waals surface area contributed by atoms with Gasteiger partial charge in [0.15, 0.2) is 0 Å². The molecule has 5 rings (SSSR count). The molecule has 14 nitrogen and oxygen atoms in total. The number of amides is 1. The maximum atomic E-state index is 15.5. The average molecular weight is 642 g/mol. The second kappa shape index (κ2) is 9.46. The Labute approximate surface area is 234 Å². The average Bonchev–Trinajstić information content (AvgIpc) is 3.72. The number of nitrogens with zero attached hydrogens (tertiary/aromatic N) is 2. The fourth-order valence-corrected chi connectivity index (χ4v) is 7.39. The van der Waals surface area contributed by atoms with Crippen molar-refractivity contribution in [2.75, 3.05) is 18.0 Å². The van der Waals surface area contributed by atoms with Crippen LogP contribution in [0.25, 0.3) is 10.9 Å². The third kappa shape index (κ3) is 4.85. The van der Waals surface area contributed by atoms with Crippen molar-refractivity contribution in [2.24, 2.45) is 5.41 Å². The standard InChI is InChI=1S/C22H24ClF2N3O11P2/c1-21(40(33,34)35,41(36,37)38)39-20(32)26-14-7-27(8-22(14)2-3-22)17-12(25)4-9-16(15(17)23)28(13-5-11(13)24)6-10(18(9)29)19(30)31/h4,6,11,13-14H,2-3,5,7-8H2,1H3,(H,26,32)(H,30,31)(H2,33,34,35)(H2,36,37,38)/t11-,13?,14+/m0/s1. The Balaban J connectivity index is 1.49. The van der Waals surface area contributed by atoms with E-state index in [0.717, 1.165) is 12.3 Å². The minimum Gasteiger partial charge on any atom is -0.477 e. The smallest absolute Gasteiger partial charge is 0.409 e. The number of anilines is 1. The number of carboxylic acids is 1. The molecule has 1 aromatic carbocycles. The number of carboxylic acid groups (broad SMARTS) is 1. The number of aromatic carboxylic acids is 1. The Kier molecular flexibility index (Phi) is 6.90. The highest BCUT2D eigenvalue weighted by Crippen LogP contribution is 2.69. The van der Waals surface area contributed by atoms with Gasteiger partial charge in [-0.25, -0.2) is 18.4 Å². The topological polar surface area (TPSA) is 216 Å². The van der Waals surface area contributed by atoms with Crippen molar-refractivity contribution < 1.29 is 56.9 Å². The summed E-state index contributed by atoms with van der Waals surface area (Å²) in [5.74, 6) is -2.57. The lowest BCUT2D eigenvalue weighted by molar-refractivity contribution is 0.0694. The summed E-state index contributed by atoms with van der Waals surface area (Å²) in [4.78, 5) is 76.3. The van der Waals surface area contributed by atoms with Gasteiger partial charge in [0.25, 0.3) is 0 Å². The summed E-state index contributed by atoms with van der Waals surface area (Å²) in [5.41, 5.74) is -2.63. The number of hydrogen-bond donors (Lipinski definition) is 6. The van der Waals surface area contributed by atoms with Gasteiger partial charge in [-0.15, -0.1) is 0 Å². The monoisotopic (exact) mass is 641 g/mol. The number of halogens is 3. The van der Waals surface area contributed by atoms with Crippen LogP contribution in [0.5, 0.6) is 0 Å². The highest BCUT2D eigenvalue weighted by atomic mass is 35.5. The number of benzene rings is 1. The molecule has 1 unspecified atom stereocenters. The quantitative estimate of drug-likeness (QED) is 0.240. The van der Waals surface area contributed by atoms with E-state index < -0.39 is 72.8 Å². The highest BCUT2D eigenvalue weighted by Gasteiger charge is 2.62. The van der Waals surface area contributed by atoms with Crippen molar-refractivity contribution in [3.05, 3.63) is 38.9 Å². The number of carbonyl (C=O) groups is 2. The highest BCUT2D eigenvalue weighted by molar-refractivity contribution is 7.72. The van der Waals surface area contributed by atoms with Crippen molar-refractivity contribution >= 4 is 55.4 Å². The predicted molar refractivity (Wildman–Crippen MR) is 138 cm³/mol. The molecule has 1 amide bonds. The number of fused-ring (bicyclic) bond motifs is 1. The zero-order chi connectivity index (χ0) is 30.4. The molecule has 2 aromatic rings. The zero-order valence-electron chi connectivity index (χ0n) is 21.0. The van der Waals surface area contributed by atoms with Crippen molar-refractivity contribution in [1.82, 2.24) is 9.88 Å². The molecule has 224 valence electrons. The minimum absolute atomic E-state index is 0.0309. The molecule has 2 saturated carbocycles. The molecular formula is C22H24ClF2N3O11P2. The molecule has 3 atom stereocenters. The lowest BCUT2D eigenvalue weighted by Crippen LogP contribution is -2.45. The Hall–Kier alpha value is -2.58. The van der Waals surface area contributed by atoms with Gasteiger partial charge in [-0.1, -0.05) is 11.6 Å². The molecule has 3 fully saturated rings. The third-order valence-corrected chi connectivity index (χ3v) is 12.2. The van der Waals surface area contributed by atoms with Gasteiger partial charge in [0.2, 0.25) is 5.43 Å². The summed E-state index contributed by atoms with van der Waals surface area (Å²) >= 11 is 6.61. The van der Waals surface area contributed by atoms with Gasteiger partial charge < -0.3 is 44.2 Å². The summed E-state index contributed by atoms with van der Waals surface area (Å²) in [7, 11) is -11.3. The number of ether oxygens (including phenoxy) is 1.